The van der Waals surface area contributed by atoms with Gasteiger partial charge in [0, 0.05) is 0 Å². The van der Waals surface area contributed by atoms with Crippen LogP contribution >= 0.6 is 0 Å². The summed E-state index contributed by atoms with van der Waals surface area (Å²) in [7, 11) is 0. The number of carbonyl (C=O) groups excluding carboxylic acids is 1. The van der Waals surface area contributed by atoms with Gasteiger partial charge in [-0.2, -0.15) is 5.26 Å². The van der Waals surface area contributed by atoms with Crippen LogP contribution in [0.3, 0.4) is 0 Å². The minimum atomic E-state index is -0.545. The molecule has 0 radical (unpaired) electrons. The lowest BCUT2D eigenvalue weighted by Gasteiger charge is -2.09. The lowest BCUT2D eigenvalue weighted by Crippen LogP contribution is -2.18. The average Bonchev–Trinajstić information content (AvgIpc) is 2.47. The van der Waals surface area contributed by atoms with Crippen LogP contribution in [-0.2, 0) is 4.79 Å². The normalized spacial score (nSPS) is 9.60. The number of nitrogens with zero attached hydrogens (tertiary/aromatic N) is 1. The predicted octanol–water partition coefficient (Wildman–Crippen LogP) is 2.85. The fourth-order valence-electron chi connectivity index (χ4n) is 1.66. The summed E-state index contributed by atoms with van der Waals surface area (Å²) in [4.78, 5) is 11.7. The van der Waals surface area contributed by atoms with E-state index < -0.39 is 5.97 Å². The number of rotatable bonds is 4. The maximum absolute atomic E-state index is 11.7. The van der Waals surface area contributed by atoms with Crippen molar-refractivity contribution in [2.45, 2.75) is 6.92 Å². The number of hydrogen-bond acceptors (Lipinski definition) is 4. The van der Waals surface area contributed by atoms with Gasteiger partial charge in [-0.05, 0) is 30.7 Å². The van der Waals surface area contributed by atoms with E-state index in [0.717, 1.165) is 5.56 Å². The van der Waals surface area contributed by atoms with Gasteiger partial charge in [-0.15, -0.1) is 0 Å². The summed E-state index contributed by atoms with van der Waals surface area (Å²) in [6.45, 7) is 1.69. The molecule has 2 aromatic carbocycles. The monoisotopic (exact) mass is 267 g/mol. The molecule has 0 aliphatic rings. The highest BCUT2D eigenvalue weighted by molar-refractivity contribution is 5.74. The van der Waals surface area contributed by atoms with Crippen LogP contribution in [0.1, 0.15) is 11.1 Å². The highest BCUT2D eigenvalue weighted by atomic mass is 16.6. The molecule has 0 aliphatic heterocycles. The first-order valence-corrected chi connectivity index (χ1v) is 6.09. The first-order chi connectivity index (χ1) is 9.70. The first-order valence-electron chi connectivity index (χ1n) is 6.09. The van der Waals surface area contributed by atoms with Gasteiger partial charge in [0.05, 0.1) is 5.56 Å². The van der Waals surface area contributed by atoms with E-state index in [0.29, 0.717) is 11.3 Å². The number of esters is 1. The zero-order valence-electron chi connectivity index (χ0n) is 11.0. The summed E-state index contributed by atoms with van der Waals surface area (Å²) >= 11 is 0. The molecule has 0 aliphatic carbocycles. The lowest BCUT2D eigenvalue weighted by atomic mass is 10.2. The zero-order chi connectivity index (χ0) is 14.4. The summed E-state index contributed by atoms with van der Waals surface area (Å²) < 4.78 is 10.5. The van der Waals surface area contributed by atoms with Gasteiger partial charge in [-0.25, -0.2) is 4.79 Å². The van der Waals surface area contributed by atoms with Crippen LogP contribution < -0.4 is 9.47 Å². The fourth-order valence-corrected chi connectivity index (χ4v) is 1.66. The number of benzene rings is 2. The standard InChI is InChI=1S/C16H13NO3/c1-12-6-2-4-8-14(12)19-11-16(18)20-15-9-5-3-7-13(15)10-17/h2-9H,11H2,1H3. The molecule has 0 amide bonds. The second-order valence-electron chi connectivity index (χ2n) is 4.14. The molecule has 0 unspecified atom stereocenters. The van der Waals surface area contributed by atoms with Crippen molar-refractivity contribution < 1.29 is 14.3 Å². The molecular weight excluding hydrogens is 254 g/mol. The van der Waals surface area contributed by atoms with Crippen LogP contribution in [0.2, 0.25) is 0 Å². The van der Waals surface area contributed by atoms with E-state index in [1.165, 1.54) is 0 Å². The van der Waals surface area contributed by atoms with Crippen LogP contribution in [-0.4, -0.2) is 12.6 Å². The third kappa shape index (κ3) is 3.36. The molecule has 0 saturated carbocycles. The number of aryl methyl sites for hydroxylation is 1. The third-order valence-electron chi connectivity index (χ3n) is 2.67. The average molecular weight is 267 g/mol. The maximum atomic E-state index is 11.7. The van der Waals surface area contributed by atoms with Crippen molar-refractivity contribution >= 4 is 5.97 Å². The van der Waals surface area contributed by atoms with Crippen molar-refractivity contribution in [3.63, 3.8) is 0 Å². The van der Waals surface area contributed by atoms with Crippen LogP contribution in [0, 0.1) is 18.3 Å². The van der Waals surface area contributed by atoms with E-state index in [-0.39, 0.29) is 12.4 Å². The first kappa shape index (κ1) is 13.6. The Kier molecular flexibility index (Phi) is 4.35. The predicted molar refractivity (Wildman–Crippen MR) is 73.5 cm³/mol. The number of ether oxygens (including phenoxy) is 2. The summed E-state index contributed by atoms with van der Waals surface area (Å²) in [5, 5.41) is 8.90. The Morgan fingerprint density at radius 1 is 1.10 bits per heavy atom. The van der Waals surface area contributed by atoms with E-state index in [1.807, 2.05) is 31.2 Å². The molecule has 100 valence electrons. The molecule has 0 N–H and O–H groups in total. The Bertz CT molecular complexity index is 659. The smallest absolute Gasteiger partial charge is 0.349 e. The van der Waals surface area contributed by atoms with Crippen molar-refractivity contribution in [1.82, 2.24) is 0 Å². The van der Waals surface area contributed by atoms with Crippen molar-refractivity contribution in [1.29, 1.82) is 5.26 Å². The SMILES string of the molecule is Cc1ccccc1OCC(=O)Oc1ccccc1C#N. The highest BCUT2D eigenvalue weighted by Crippen LogP contribution is 2.18. The summed E-state index contributed by atoms with van der Waals surface area (Å²) in [6.07, 6.45) is 0. The summed E-state index contributed by atoms with van der Waals surface area (Å²) in [6, 6.07) is 15.9. The van der Waals surface area contributed by atoms with Gasteiger partial charge < -0.3 is 9.47 Å². The molecule has 2 rings (SSSR count). The Balaban J connectivity index is 1.97. The van der Waals surface area contributed by atoms with E-state index in [2.05, 4.69) is 0 Å². The number of nitriles is 1. The fraction of sp³-hybridized carbons (Fsp3) is 0.125. The molecule has 2 aromatic rings. The largest absolute Gasteiger partial charge is 0.482 e. The third-order valence-corrected chi connectivity index (χ3v) is 2.67. The van der Waals surface area contributed by atoms with Gasteiger partial charge in [0.2, 0.25) is 0 Å². The molecule has 0 atom stereocenters. The summed E-state index contributed by atoms with van der Waals surface area (Å²) in [5.41, 5.74) is 1.26. The molecule has 0 fully saturated rings. The molecular formula is C16H13NO3. The van der Waals surface area contributed by atoms with Gasteiger partial charge >= 0.3 is 5.97 Å². The molecule has 4 heteroatoms. The van der Waals surface area contributed by atoms with E-state index >= 15 is 0 Å². The summed E-state index contributed by atoms with van der Waals surface area (Å²) in [5.74, 6) is 0.336. The van der Waals surface area contributed by atoms with Gasteiger partial charge in [0.1, 0.15) is 17.6 Å². The van der Waals surface area contributed by atoms with E-state index in [4.69, 9.17) is 14.7 Å². The van der Waals surface area contributed by atoms with Crippen LogP contribution in [0.25, 0.3) is 0 Å². The molecule has 4 nitrogen and oxygen atoms in total. The van der Waals surface area contributed by atoms with Gasteiger partial charge in [-0.3, -0.25) is 0 Å². The molecule has 0 aromatic heterocycles. The second kappa shape index (κ2) is 6.39. The molecule has 0 saturated heterocycles. The van der Waals surface area contributed by atoms with Crippen molar-refractivity contribution in [2.75, 3.05) is 6.61 Å². The zero-order valence-corrected chi connectivity index (χ0v) is 11.0. The molecule has 20 heavy (non-hydrogen) atoms. The Hall–Kier alpha value is -2.80. The Morgan fingerprint density at radius 2 is 1.75 bits per heavy atom. The van der Waals surface area contributed by atoms with Crippen molar-refractivity contribution in [3.8, 4) is 17.6 Å². The highest BCUT2D eigenvalue weighted by Gasteiger charge is 2.10. The molecule has 0 spiro atoms. The van der Waals surface area contributed by atoms with Crippen LogP contribution in [0.5, 0.6) is 11.5 Å². The van der Waals surface area contributed by atoms with Gasteiger partial charge in [0.15, 0.2) is 6.61 Å². The van der Waals surface area contributed by atoms with Crippen molar-refractivity contribution in [2.24, 2.45) is 0 Å². The topological polar surface area (TPSA) is 59.3 Å². The van der Waals surface area contributed by atoms with Gasteiger partial charge in [-0.1, -0.05) is 30.3 Å². The van der Waals surface area contributed by atoms with Gasteiger partial charge in [0.25, 0.3) is 0 Å². The van der Waals surface area contributed by atoms with Crippen molar-refractivity contribution in [3.05, 3.63) is 59.7 Å². The minimum absolute atomic E-state index is 0.204. The van der Waals surface area contributed by atoms with E-state index in [1.54, 1.807) is 30.3 Å². The maximum Gasteiger partial charge on any atom is 0.349 e. The number of para-hydroxylation sites is 2. The van der Waals surface area contributed by atoms with Crippen LogP contribution in [0.15, 0.2) is 48.5 Å². The van der Waals surface area contributed by atoms with E-state index in [9.17, 15) is 4.79 Å². The van der Waals surface area contributed by atoms with Crippen LogP contribution in [0.4, 0.5) is 0 Å². The Morgan fingerprint density at radius 3 is 2.45 bits per heavy atom. The molecule has 0 bridgehead atoms. The second-order valence-corrected chi connectivity index (χ2v) is 4.14. The number of hydrogen-bond donors (Lipinski definition) is 0. The quantitative estimate of drug-likeness (QED) is 0.631. The number of carbonyl (C=O) groups is 1. The minimum Gasteiger partial charge on any atom is -0.482 e. The lowest BCUT2D eigenvalue weighted by molar-refractivity contribution is -0.136. The molecule has 0 heterocycles. The Labute approximate surface area is 117 Å².